The molecule has 130 valence electrons. The number of halogens is 3. The van der Waals surface area contributed by atoms with E-state index in [-0.39, 0.29) is 36.0 Å². The number of nitrogens with one attached hydrogen (secondary N) is 1. The van der Waals surface area contributed by atoms with Gasteiger partial charge in [0.1, 0.15) is 0 Å². The predicted molar refractivity (Wildman–Crippen MR) is 84.8 cm³/mol. The Bertz CT molecular complexity index is 652. The van der Waals surface area contributed by atoms with E-state index >= 15 is 0 Å². The zero-order chi connectivity index (χ0) is 16.5. The van der Waals surface area contributed by atoms with Crippen LogP contribution in [0.3, 0.4) is 0 Å². The molecule has 0 radical (unpaired) electrons. The lowest BCUT2D eigenvalue weighted by molar-refractivity contribution is 0.0603. The second-order valence-electron chi connectivity index (χ2n) is 5.31. The van der Waals surface area contributed by atoms with Gasteiger partial charge < -0.3 is 10.2 Å². The van der Waals surface area contributed by atoms with Crippen LogP contribution in [-0.4, -0.2) is 50.2 Å². The fourth-order valence-corrected chi connectivity index (χ4v) is 3.12. The molecule has 0 spiro atoms. The number of carbonyl (C=O) groups is 1. The summed E-state index contributed by atoms with van der Waals surface area (Å²) in [4.78, 5) is 13.7. The molecule has 1 aliphatic rings. The largest absolute Gasteiger partial charge is 0.341 e. The van der Waals surface area contributed by atoms with E-state index in [4.69, 9.17) is 0 Å². The number of sulfone groups is 1. The topological polar surface area (TPSA) is 66.5 Å². The van der Waals surface area contributed by atoms with Crippen LogP contribution in [0.4, 0.5) is 8.78 Å². The minimum atomic E-state index is -4.63. The van der Waals surface area contributed by atoms with Crippen LogP contribution in [0, 0.1) is 0 Å². The van der Waals surface area contributed by atoms with Gasteiger partial charge in [-0.05, 0) is 38.1 Å². The summed E-state index contributed by atoms with van der Waals surface area (Å²) in [5.74, 6) is -3.70. The summed E-state index contributed by atoms with van der Waals surface area (Å²) in [6.07, 6.45) is 0. The van der Waals surface area contributed by atoms with Crippen molar-refractivity contribution in [2.75, 3.05) is 13.1 Å². The first kappa shape index (κ1) is 19.8. The van der Waals surface area contributed by atoms with Gasteiger partial charge in [0.05, 0.1) is 4.90 Å². The van der Waals surface area contributed by atoms with Crippen LogP contribution in [-0.2, 0) is 9.84 Å². The molecular weight excluding hydrogens is 350 g/mol. The summed E-state index contributed by atoms with van der Waals surface area (Å²) in [7, 11) is -4.63. The van der Waals surface area contributed by atoms with Crippen molar-refractivity contribution in [3.05, 3.63) is 29.8 Å². The standard InChI is InChI=1S/C14H18F2N2O3S.ClH/c1-9-10(2)18(8-7-17-9)13(19)11-3-5-12(6-4-11)22(20,21)14(15)16;/h3-6,9-10,14,17H,7-8H2,1-2H3;1H. The predicted octanol–water partition coefficient (Wildman–Crippen LogP) is 1.93. The third kappa shape index (κ3) is 3.99. The van der Waals surface area contributed by atoms with Gasteiger partial charge >= 0.3 is 5.76 Å². The Morgan fingerprint density at radius 3 is 2.35 bits per heavy atom. The Balaban J connectivity index is 0.00000264. The third-order valence-corrected chi connectivity index (χ3v) is 5.36. The molecule has 0 aromatic heterocycles. The Labute approximate surface area is 140 Å². The fraction of sp³-hybridized carbons (Fsp3) is 0.500. The van der Waals surface area contributed by atoms with Crippen LogP contribution < -0.4 is 5.32 Å². The highest BCUT2D eigenvalue weighted by Gasteiger charge is 2.30. The molecule has 0 saturated carbocycles. The van der Waals surface area contributed by atoms with Gasteiger partial charge in [0.25, 0.3) is 5.91 Å². The lowest BCUT2D eigenvalue weighted by Crippen LogP contribution is -2.57. The smallest absolute Gasteiger partial charge is 0.333 e. The van der Waals surface area contributed by atoms with Crippen molar-refractivity contribution in [3.8, 4) is 0 Å². The highest BCUT2D eigenvalue weighted by atomic mass is 35.5. The molecule has 5 nitrogen and oxygen atoms in total. The first-order valence-corrected chi connectivity index (χ1v) is 8.46. The van der Waals surface area contributed by atoms with Gasteiger partial charge in [-0.2, -0.15) is 8.78 Å². The van der Waals surface area contributed by atoms with Crippen LogP contribution in [0.5, 0.6) is 0 Å². The molecule has 0 aliphatic carbocycles. The molecule has 1 aromatic rings. The van der Waals surface area contributed by atoms with Crippen LogP contribution in [0.25, 0.3) is 0 Å². The van der Waals surface area contributed by atoms with Crippen molar-refractivity contribution < 1.29 is 22.0 Å². The van der Waals surface area contributed by atoms with Crippen molar-refractivity contribution >= 4 is 28.2 Å². The second kappa shape index (κ2) is 7.55. The van der Waals surface area contributed by atoms with Crippen molar-refractivity contribution in [2.45, 2.75) is 36.6 Å². The molecule has 1 fully saturated rings. The second-order valence-corrected chi connectivity index (χ2v) is 7.23. The first-order chi connectivity index (χ1) is 10.2. The van der Waals surface area contributed by atoms with E-state index in [1.807, 2.05) is 13.8 Å². The zero-order valence-electron chi connectivity index (χ0n) is 12.7. The van der Waals surface area contributed by atoms with Crippen LogP contribution in [0.1, 0.15) is 24.2 Å². The van der Waals surface area contributed by atoms with E-state index in [9.17, 15) is 22.0 Å². The van der Waals surface area contributed by atoms with Crippen molar-refractivity contribution in [3.63, 3.8) is 0 Å². The lowest BCUT2D eigenvalue weighted by atomic mass is 10.1. The van der Waals surface area contributed by atoms with Crippen LogP contribution >= 0.6 is 12.4 Å². The van der Waals surface area contributed by atoms with Gasteiger partial charge in [0, 0.05) is 30.7 Å². The number of nitrogens with zero attached hydrogens (tertiary/aromatic N) is 1. The van der Waals surface area contributed by atoms with Gasteiger partial charge in [-0.15, -0.1) is 12.4 Å². The minimum absolute atomic E-state index is 0. The van der Waals surface area contributed by atoms with Crippen molar-refractivity contribution in [1.82, 2.24) is 10.2 Å². The molecule has 1 saturated heterocycles. The molecule has 9 heteroatoms. The molecule has 2 unspecified atom stereocenters. The number of amides is 1. The Morgan fingerprint density at radius 1 is 1.26 bits per heavy atom. The molecule has 1 N–H and O–H groups in total. The van der Waals surface area contributed by atoms with Gasteiger partial charge in [-0.25, -0.2) is 8.42 Å². The summed E-state index contributed by atoms with van der Waals surface area (Å²) < 4.78 is 47.7. The monoisotopic (exact) mass is 368 g/mol. The third-order valence-electron chi connectivity index (χ3n) is 3.96. The molecule has 0 bridgehead atoms. The number of hydrogen-bond donors (Lipinski definition) is 1. The quantitative estimate of drug-likeness (QED) is 0.885. The van der Waals surface area contributed by atoms with Crippen LogP contribution in [0.2, 0.25) is 0 Å². The number of rotatable bonds is 3. The highest BCUT2D eigenvalue weighted by Crippen LogP contribution is 2.20. The maximum atomic E-state index is 12.5. The summed E-state index contributed by atoms with van der Waals surface area (Å²) in [5.41, 5.74) is 0.286. The molecule has 1 aromatic carbocycles. The van der Waals surface area contributed by atoms with Gasteiger partial charge in [0.15, 0.2) is 0 Å². The van der Waals surface area contributed by atoms with Crippen molar-refractivity contribution in [2.24, 2.45) is 0 Å². The molecule has 2 atom stereocenters. The van der Waals surface area contributed by atoms with Crippen molar-refractivity contribution in [1.29, 1.82) is 0 Å². The summed E-state index contributed by atoms with van der Waals surface area (Å²) in [5, 5.41) is 3.25. The molecular formula is C14H19ClF2N2O3S. The SMILES string of the molecule is CC1NCCN(C(=O)c2ccc(S(=O)(=O)C(F)F)cc2)C1C.Cl. The normalized spacial score (nSPS) is 21.9. The van der Waals surface area contributed by atoms with Gasteiger partial charge in [-0.1, -0.05) is 0 Å². The summed E-state index contributed by atoms with van der Waals surface area (Å²) in [6, 6.07) is 4.78. The van der Waals surface area contributed by atoms with E-state index in [0.717, 1.165) is 12.1 Å². The summed E-state index contributed by atoms with van der Waals surface area (Å²) in [6.45, 7) is 5.11. The Kier molecular flexibility index (Phi) is 6.49. The minimum Gasteiger partial charge on any atom is -0.333 e. The first-order valence-electron chi connectivity index (χ1n) is 6.91. The number of piperazine rings is 1. The van der Waals surface area contributed by atoms with E-state index in [0.29, 0.717) is 13.1 Å². The molecule has 23 heavy (non-hydrogen) atoms. The number of hydrogen-bond acceptors (Lipinski definition) is 4. The maximum absolute atomic E-state index is 12.5. The molecule has 1 amide bonds. The van der Waals surface area contributed by atoms with Gasteiger partial charge in [-0.3, -0.25) is 4.79 Å². The van der Waals surface area contributed by atoms with Gasteiger partial charge in [0.2, 0.25) is 9.84 Å². The number of alkyl halides is 2. The molecule has 1 aliphatic heterocycles. The van der Waals surface area contributed by atoms with E-state index < -0.39 is 20.5 Å². The fourth-order valence-electron chi connectivity index (χ4n) is 2.40. The number of benzene rings is 1. The highest BCUT2D eigenvalue weighted by molar-refractivity contribution is 7.91. The Morgan fingerprint density at radius 2 is 1.83 bits per heavy atom. The molecule has 1 heterocycles. The maximum Gasteiger partial charge on any atom is 0.341 e. The Hall–Kier alpha value is -1.25. The summed E-state index contributed by atoms with van der Waals surface area (Å²) >= 11 is 0. The van der Waals surface area contributed by atoms with E-state index in [1.165, 1.54) is 12.1 Å². The number of carbonyl (C=O) groups excluding carboxylic acids is 1. The zero-order valence-corrected chi connectivity index (χ0v) is 14.3. The van der Waals surface area contributed by atoms with E-state index in [2.05, 4.69) is 5.32 Å². The average molecular weight is 369 g/mol. The molecule has 2 rings (SSSR count). The van der Waals surface area contributed by atoms with E-state index in [1.54, 1.807) is 4.90 Å². The lowest BCUT2D eigenvalue weighted by Gasteiger charge is -2.38. The average Bonchev–Trinajstić information content (AvgIpc) is 2.49. The van der Waals surface area contributed by atoms with Crippen LogP contribution in [0.15, 0.2) is 29.2 Å².